The molecule has 0 saturated carbocycles. The van der Waals surface area contributed by atoms with Crippen molar-refractivity contribution in [1.82, 2.24) is 9.97 Å². The Labute approximate surface area is 151 Å². The summed E-state index contributed by atoms with van der Waals surface area (Å²) in [6, 6.07) is 19.3. The summed E-state index contributed by atoms with van der Waals surface area (Å²) in [7, 11) is 0. The van der Waals surface area contributed by atoms with Crippen LogP contribution in [0.25, 0.3) is 11.3 Å². The molecule has 2 heterocycles. The van der Waals surface area contributed by atoms with Crippen molar-refractivity contribution >= 4 is 17.3 Å². The van der Waals surface area contributed by atoms with E-state index in [-0.39, 0.29) is 5.56 Å². The number of nitrogens with one attached hydrogen (secondary N) is 2. The zero-order valence-electron chi connectivity index (χ0n) is 14.3. The third-order valence-electron chi connectivity index (χ3n) is 4.32. The number of ether oxygens (including phenoxy) is 1. The van der Waals surface area contributed by atoms with Crippen molar-refractivity contribution in [2.75, 3.05) is 36.5 Å². The van der Waals surface area contributed by atoms with Gasteiger partial charge >= 0.3 is 0 Å². The molecule has 1 fully saturated rings. The van der Waals surface area contributed by atoms with Gasteiger partial charge < -0.3 is 15.0 Å². The monoisotopic (exact) mass is 348 g/mol. The van der Waals surface area contributed by atoms with E-state index >= 15 is 0 Å². The summed E-state index contributed by atoms with van der Waals surface area (Å²) in [4.78, 5) is 21.5. The first kappa shape index (κ1) is 16.4. The summed E-state index contributed by atoms with van der Waals surface area (Å²) in [6.07, 6.45) is 0. The second kappa shape index (κ2) is 7.41. The van der Waals surface area contributed by atoms with Gasteiger partial charge in [0.2, 0.25) is 5.95 Å². The van der Waals surface area contributed by atoms with E-state index in [1.54, 1.807) is 0 Å². The Morgan fingerprint density at radius 1 is 1.00 bits per heavy atom. The van der Waals surface area contributed by atoms with E-state index in [2.05, 4.69) is 32.3 Å². The molecule has 3 aromatic rings. The number of hydrogen-bond donors (Lipinski definition) is 2. The minimum atomic E-state index is -0.189. The summed E-state index contributed by atoms with van der Waals surface area (Å²) in [5, 5.41) is 3.18. The lowest BCUT2D eigenvalue weighted by atomic mass is 10.1. The molecule has 1 saturated heterocycles. The van der Waals surface area contributed by atoms with E-state index in [1.165, 1.54) is 11.8 Å². The number of aromatic amines is 1. The Balaban J connectivity index is 1.53. The molecule has 0 unspecified atom stereocenters. The molecule has 132 valence electrons. The number of H-pyrrole nitrogens is 1. The minimum Gasteiger partial charge on any atom is -0.378 e. The normalized spacial score (nSPS) is 14.2. The lowest BCUT2D eigenvalue weighted by Gasteiger charge is -2.28. The fourth-order valence-electron chi connectivity index (χ4n) is 2.99. The number of rotatable bonds is 4. The smallest absolute Gasteiger partial charge is 0.252 e. The van der Waals surface area contributed by atoms with Gasteiger partial charge in [0, 0.05) is 36.1 Å². The van der Waals surface area contributed by atoms with E-state index in [0.29, 0.717) is 11.6 Å². The number of hydrogen-bond acceptors (Lipinski definition) is 5. The third kappa shape index (κ3) is 3.75. The van der Waals surface area contributed by atoms with Crippen LogP contribution < -0.4 is 15.8 Å². The van der Waals surface area contributed by atoms with Crippen LogP contribution in [0, 0.1) is 0 Å². The van der Waals surface area contributed by atoms with Crippen LogP contribution in [0.2, 0.25) is 0 Å². The highest BCUT2D eigenvalue weighted by Gasteiger charge is 2.11. The highest BCUT2D eigenvalue weighted by atomic mass is 16.5. The van der Waals surface area contributed by atoms with Gasteiger partial charge in [0.05, 0.1) is 18.9 Å². The topological polar surface area (TPSA) is 70.2 Å². The molecule has 4 rings (SSSR count). The van der Waals surface area contributed by atoms with Crippen LogP contribution >= 0.6 is 0 Å². The fraction of sp³-hybridized carbons (Fsp3) is 0.200. The SMILES string of the molecule is O=c1cc(-c2ccccc2)nc(Nc2ccc(N3CCOCC3)cc2)[nH]1. The van der Waals surface area contributed by atoms with Gasteiger partial charge in [-0.2, -0.15) is 0 Å². The molecule has 0 spiro atoms. The summed E-state index contributed by atoms with van der Waals surface area (Å²) >= 11 is 0. The highest BCUT2D eigenvalue weighted by Crippen LogP contribution is 2.21. The molecular formula is C20H20N4O2. The van der Waals surface area contributed by atoms with Gasteiger partial charge in [0.15, 0.2) is 0 Å². The average Bonchev–Trinajstić information content (AvgIpc) is 2.69. The van der Waals surface area contributed by atoms with Gasteiger partial charge in [0.1, 0.15) is 0 Å². The Kier molecular flexibility index (Phi) is 4.66. The largest absolute Gasteiger partial charge is 0.378 e. The third-order valence-corrected chi connectivity index (χ3v) is 4.32. The Hall–Kier alpha value is -3.12. The molecule has 1 aliphatic rings. The summed E-state index contributed by atoms with van der Waals surface area (Å²) < 4.78 is 5.39. The summed E-state index contributed by atoms with van der Waals surface area (Å²) in [5.41, 5.74) is 3.39. The lowest BCUT2D eigenvalue weighted by Crippen LogP contribution is -2.36. The highest BCUT2D eigenvalue weighted by molar-refractivity contribution is 5.63. The second-order valence-corrected chi connectivity index (χ2v) is 6.12. The molecular weight excluding hydrogens is 328 g/mol. The maximum atomic E-state index is 12.0. The van der Waals surface area contributed by atoms with Crippen molar-refractivity contribution in [1.29, 1.82) is 0 Å². The van der Waals surface area contributed by atoms with Crippen molar-refractivity contribution in [3.8, 4) is 11.3 Å². The molecule has 2 N–H and O–H groups in total. The first-order chi connectivity index (χ1) is 12.8. The van der Waals surface area contributed by atoms with E-state index < -0.39 is 0 Å². The standard InChI is InChI=1S/C20H20N4O2/c25-19-14-18(15-4-2-1-3-5-15)22-20(23-19)21-16-6-8-17(9-7-16)24-10-12-26-13-11-24/h1-9,14H,10-13H2,(H2,21,22,23,25). The average molecular weight is 348 g/mol. The minimum absolute atomic E-state index is 0.189. The Morgan fingerprint density at radius 2 is 1.73 bits per heavy atom. The summed E-state index contributed by atoms with van der Waals surface area (Å²) in [6.45, 7) is 3.33. The van der Waals surface area contributed by atoms with E-state index in [4.69, 9.17) is 4.74 Å². The zero-order chi connectivity index (χ0) is 17.8. The van der Waals surface area contributed by atoms with Gasteiger partial charge in [-0.25, -0.2) is 4.98 Å². The van der Waals surface area contributed by atoms with Crippen molar-refractivity contribution < 1.29 is 4.74 Å². The van der Waals surface area contributed by atoms with Crippen LogP contribution in [-0.4, -0.2) is 36.3 Å². The quantitative estimate of drug-likeness (QED) is 0.758. The number of aromatic nitrogens is 2. The summed E-state index contributed by atoms with van der Waals surface area (Å²) in [5.74, 6) is 0.426. The van der Waals surface area contributed by atoms with Gasteiger partial charge in [-0.05, 0) is 24.3 Å². The molecule has 0 aliphatic carbocycles. The van der Waals surface area contributed by atoms with Gasteiger partial charge in [-0.1, -0.05) is 30.3 Å². The van der Waals surface area contributed by atoms with Gasteiger partial charge in [-0.3, -0.25) is 9.78 Å². The van der Waals surface area contributed by atoms with Crippen molar-refractivity contribution in [3.63, 3.8) is 0 Å². The van der Waals surface area contributed by atoms with Crippen molar-refractivity contribution in [2.45, 2.75) is 0 Å². The molecule has 2 aromatic carbocycles. The van der Waals surface area contributed by atoms with Crippen LogP contribution in [-0.2, 0) is 4.74 Å². The van der Waals surface area contributed by atoms with Crippen LogP contribution in [0.15, 0.2) is 65.5 Å². The predicted octanol–water partition coefficient (Wildman–Crippen LogP) is 3.02. The molecule has 0 atom stereocenters. The van der Waals surface area contributed by atoms with E-state index in [1.807, 2.05) is 42.5 Å². The van der Waals surface area contributed by atoms with Crippen LogP contribution in [0.5, 0.6) is 0 Å². The van der Waals surface area contributed by atoms with Gasteiger partial charge in [-0.15, -0.1) is 0 Å². The Morgan fingerprint density at radius 3 is 2.46 bits per heavy atom. The fourth-order valence-corrected chi connectivity index (χ4v) is 2.99. The lowest BCUT2D eigenvalue weighted by molar-refractivity contribution is 0.122. The van der Waals surface area contributed by atoms with E-state index in [9.17, 15) is 4.79 Å². The number of nitrogens with zero attached hydrogens (tertiary/aromatic N) is 2. The molecule has 0 amide bonds. The van der Waals surface area contributed by atoms with Crippen LogP contribution in [0.4, 0.5) is 17.3 Å². The van der Waals surface area contributed by atoms with Crippen molar-refractivity contribution in [3.05, 3.63) is 71.0 Å². The van der Waals surface area contributed by atoms with Crippen molar-refractivity contribution in [2.24, 2.45) is 0 Å². The molecule has 6 nitrogen and oxygen atoms in total. The molecule has 1 aliphatic heterocycles. The maximum absolute atomic E-state index is 12.0. The number of anilines is 3. The Bertz CT molecular complexity index is 917. The number of benzene rings is 2. The first-order valence-corrected chi connectivity index (χ1v) is 8.64. The molecule has 0 bridgehead atoms. The molecule has 6 heteroatoms. The maximum Gasteiger partial charge on any atom is 0.252 e. The molecule has 0 radical (unpaired) electrons. The van der Waals surface area contributed by atoms with E-state index in [0.717, 1.165) is 37.6 Å². The van der Waals surface area contributed by atoms with Crippen LogP contribution in [0.3, 0.4) is 0 Å². The first-order valence-electron chi connectivity index (χ1n) is 8.64. The molecule has 26 heavy (non-hydrogen) atoms. The predicted molar refractivity (Wildman–Crippen MR) is 103 cm³/mol. The molecule has 1 aromatic heterocycles. The van der Waals surface area contributed by atoms with Crippen LogP contribution in [0.1, 0.15) is 0 Å². The number of morpholine rings is 1. The second-order valence-electron chi connectivity index (χ2n) is 6.12. The zero-order valence-corrected chi connectivity index (χ0v) is 14.3. The van der Waals surface area contributed by atoms with Gasteiger partial charge in [0.25, 0.3) is 5.56 Å².